The highest BCUT2D eigenvalue weighted by Gasteiger charge is 2.01. The van der Waals surface area contributed by atoms with Gasteiger partial charge in [0, 0.05) is 12.7 Å². The molecule has 0 spiro atoms. The van der Waals surface area contributed by atoms with E-state index in [1.54, 1.807) is 18.5 Å². The second-order valence-electron chi connectivity index (χ2n) is 3.31. The van der Waals surface area contributed by atoms with E-state index in [0.717, 1.165) is 11.3 Å². The van der Waals surface area contributed by atoms with Crippen LogP contribution in [0.5, 0.6) is 5.75 Å². The van der Waals surface area contributed by atoms with Crippen LogP contribution in [0.25, 0.3) is 0 Å². The number of benzene rings is 1. The van der Waals surface area contributed by atoms with Gasteiger partial charge in [0.2, 0.25) is 5.16 Å². The van der Waals surface area contributed by atoms with Crippen molar-refractivity contribution in [3.05, 3.63) is 36.2 Å². The van der Waals surface area contributed by atoms with Crippen LogP contribution >= 0.6 is 11.8 Å². The van der Waals surface area contributed by atoms with Gasteiger partial charge in [0.05, 0.1) is 0 Å². The molecule has 2 rings (SSSR count). The van der Waals surface area contributed by atoms with Gasteiger partial charge in [0.1, 0.15) is 12.1 Å². The SMILES string of the molecule is CC(=O)Oc1ccc(CSc2nc[nH]n2)cc1. The summed E-state index contributed by atoms with van der Waals surface area (Å²) in [6.45, 7) is 1.38. The molecule has 0 atom stereocenters. The Morgan fingerprint density at radius 1 is 1.41 bits per heavy atom. The van der Waals surface area contributed by atoms with Gasteiger partial charge < -0.3 is 4.74 Å². The van der Waals surface area contributed by atoms with Crippen molar-refractivity contribution in [3.63, 3.8) is 0 Å². The summed E-state index contributed by atoms with van der Waals surface area (Å²) < 4.78 is 4.94. The zero-order valence-electron chi connectivity index (χ0n) is 9.21. The van der Waals surface area contributed by atoms with E-state index in [1.807, 2.05) is 12.1 Å². The lowest BCUT2D eigenvalue weighted by atomic mass is 10.2. The molecule has 1 heterocycles. The van der Waals surface area contributed by atoms with Crippen LogP contribution in [0.2, 0.25) is 0 Å². The van der Waals surface area contributed by atoms with Crippen LogP contribution in [0.15, 0.2) is 35.7 Å². The summed E-state index contributed by atoms with van der Waals surface area (Å²) in [5.41, 5.74) is 1.12. The second-order valence-corrected chi connectivity index (χ2v) is 4.25. The largest absolute Gasteiger partial charge is 0.427 e. The van der Waals surface area contributed by atoms with Gasteiger partial charge in [0.25, 0.3) is 0 Å². The minimum atomic E-state index is -0.312. The Bertz CT molecular complexity index is 482. The molecule has 0 aliphatic rings. The number of aromatic nitrogens is 3. The number of nitrogens with zero attached hydrogens (tertiary/aromatic N) is 2. The number of hydrogen-bond donors (Lipinski definition) is 1. The van der Waals surface area contributed by atoms with Gasteiger partial charge in [-0.3, -0.25) is 9.89 Å². The maximum Gasteiger partial charge on any atom is 0.308 e. The normalized spacial score (nSPS) is 10.2. The molecule has 0 saturated carbocycles. The minimum absolute atomic E-state index is 0.312. The van der Waals surface area contributed by atoms with E-state index in [1.165, 1.54) is 18.7 Å². The fourth-order valence-corrected chi connectivity index (χ4v) is 1.97. The predicted molar refractivity (Wildman–Crippen MR) is 63.7 cm³/mol. The number of nitrogens with one attached hydrogen (secondary N) is 1. The summed E-state index contributed by atoms with van der Waals surface area (Å²) in [6.07, 6.45) is 1.55. The molecule has 1 aromatic carbocycles. The van der Waals surface area contributed by atoms with Crippen molar-refractivity contribution in [2.45, 2.75) is 17.8 Å². The van der Waals surface area contributed by atoms with E-state index in [9.17, 15) is 4.79 Å². The molecule has 0 aliphatic carbocycles. The van der Waals surface area contributed by atoms with Crippen LogP contribution < -0.4 is 4.74 Å². The van der Waals surface area contributed by atoms with Crippen LogP contribution in [0.1, 0.15) is 12.5 Å². The lowest BCUT2D eigenvalue weighted by Gasteiger charge is -2.02. The van der Waals surface area contributed by atoms with E-state index >= 15 is 0 Å². The van der Waals surface area contributed by atoms with Crippen LogP contribution in [0.4, 0.5) is 0 Å². The monoisotopic (exact) mass is 249 g/mol. The van der Waals surface area contributed by atoms with E-state index in [-0.39, 0.29) is 5.97 Å². The highest BCUT2D eigenvalue weighted by molar-refractivity contribution is 7.98. The summed E-state index contributed by atoms with van der Waals surface area (Å²) in [5.74, 6) is 1.02. The maximum absolute atomic E-state index is 10.7. The first-order valence-corrected chi connectivity index (χ1v) is 5.98. The number of rotatable bonds is 4. The molecule has 17 heavy (non-hydrogen) atoms. The third-order valence-corrected chi connectivity index (χ3v) is 2.88. The van der Waals surface area contributed by atoms with E-state index in [2.05, 4.69) is 15.2 Å². The van der Waals surface area contributed by atoms with Crippen molar-refractivity contribution in [3.8, 4) is 5.75 Å². The Labute approximate surface area is 103 Å². The van der Waals surface area contributed by atoms with Gasteiger partial charge in [-0.1, -0.05) is 23.9 Å². The first-order valence-electron chi connectivity index (χ1n) is 5.00. The number of carbonyl (C=O) groups excluding carboxylic acids is 1. The molecule has 88 valence electrons. The molecule has 0 aliphatic heterocycles. The Kier molecular flexibility index (Phi) is 3.77. The minimum Gasteiger partial charge on any atom is -0.427 e. The Morgan fingerprint density at radius 3 is 2.76 bits per heavy atom. The number of esters is 1. The van der Waals surface area contributed by atoms with Gasteiger partial charge >= 0.3 is 5.97 Å². The van der Waals surface area contributed by atoms with Crippen molar-refractivity contribution in [2.24, 2.45) is 0 Å². The first-order chi connectivity index (χ1) is 8.24. The van der Waals surface area contributed by atoms with E-state index in [0.29, 0.717) is 10.9 Å². The average molecular weight is 249 g/mol. The fraction of sp³-hybridized carbons (Fsp3) is 0.182. The molecule has 6 heteroatoms. The zero-order valence-corrected chi connectivity index (χ0v) is 10.0. The second kappa shape index (κ2) is 5.49. The van der Waals surface area contributed by atoms with Crippen LogP contribution in [-0.4, -0.2) is 21.2 Å². The first kappa shape index (κ1) is 11.7. The third kappa shape index (κ3) is 3.60. The molecular formula is C11H11N3O2S. The number of carbonyl (C=O) groups is 1. The Balaban J connectivity index is 1.91. The summed E-state index contributed by atoms with van der Waals surface area (Å²) >= 11 is 1.54. The van der Waals surface area contributed by atoms with Crippen LogP contribution in [-0.2, 0) is 10.5 Å². The topological polar surface area (TPSA) is 67.9 Å². The lowest BCUT2D eigenvalue weighted by molar-refractivity contribution is -0.131. The summed E-state index contributed by atoms with van der Waals surface area (Å²) in [6, 6.07) is 7.38. The average Bonchev–Trinajstić information content (AvgIpc) is 2.80. The molecule has 0 bridgehead atoms. The molecule has 0 unspecified atom stereocenters. The van der Waals surface area contributed by atoms with E-state index < -0.39 is 0 Å². The van der Waals surface area contributed by atoms with Crippen molar-refractivity contribution in [2.75, 3.05) is 0 Å². The van der Waals surface area contributed by atoms with Gasteiger partial charge in [-0.15, -0.1) is 5.10 Å². The number of hydrogen-bond acceptors (Lipinski definition) is 5. The molecule has 0 radical (unpaired) electrons. The summed E-state index contributed by atoms with van der Waals surface area (Å²) in [4.78, 5) is 14.7. The van der Waals surface area contributed by atoms with Crippen molar-refractivity contribution in [1.82, 2.24) is 15.2 Å². The van der Waals surface area contributed by atoms with Crippen molar-refractivity contribution >= 4 is 17.7 Å². The Hall–Kier alpha value is -1.82. The molecule has 0 fully saturated rings. The number of thioether (sulfide) groups is 1. The van der Waals surface area contributed by atoms with Gasteiger partial charge in [0.15, 0.2) is 0 Å². The zero-order chi connectivity index (χ0) is 12.1. The number of H-pyrrole nitrogens is 1. The highest BCUT2D eigenvalue weighted by Crippen LogP contribution is 2.20. The molecule has 0 saturated heterocycles. The molecule has 2 aromatic rings. The molecule has 1 N–H and O–H groups in total. The standard InChI is InChI=1S/C11H11N3O2S/c1-8(15)16-10-4-2-9(3-5-10)6-17-11-12-7-13-14-11/h2-5,7H,6H2,1H3,(H,12,13,14). The lowest BCUT2D eigenvalue weighted by Crippen LogP contribution is -2.00. The quantitative estimate of drug-likeness (QED) is 0.510. The fourth-order valence-electron chi connectivity index (χ4n) is 1.23. The van der Waals surface area contributed by atoms with Crippen molar-refractivity contribution < 1.29 is 9.53 Å². The van der Waals surface area contributed by atoms with Gasteiger partial charge in [-0.2, -0.15) is 0 Å². The van der Waals surface area contributed by atoms with E-state index in [4.69, 9.17) is 4.74 Å². The Morgan fingerprint density at radius 2 is 2.18 bits per heavy atom. The van der Waals surface area contributed by atoms with Crippen LogP contribution in [0.3, 0.4) is 0 Å². The third-order valence-electron chi connectivity index (χ3n) is 1.95. The predicted octanol–water partition coefficient (Wildman–Crippen LogP) is 2.02. The molecule has 5 nitrogen and oxygen atoms in total. The number of ether oxygens (including phenoxy) is 1. The highest BCUT2D eigenvalue weighted by atomic mass is 32.2. The molecule has 0 amide bonds. The maximum atomic E-state index is 10.7. The summed E-state index contributed by atoms with van der Waals surface area (Å²) in [7, 11) is 0. The summed E-state index contributed by atoms with van der Waals surface area (Å²) in [5, 5.41) is 7.32. The smallest absolute Gasteiger partial charge is 0.308 e. The molecular weight excluding hydrogens is 238 g/mol. The van der Waals surface area contributed by atoms with Gasteiger partial charge in [-0.05, 0) is 17.7 Å². The van der Waals surface area contributed by atoms with Crippen LogP contribution in [0, 0.1) is 0 Å². The molecule has 1 aromatic heterocycles. The van der Waals surface area contributed by atoms with Crippen molar-refractivity contribution in [1.29, 1.82) is 0 Å². The number of aromatic amines is 1. The van der Waals surface area contributed by atoms with Gasteiger partial charge in [-0.25, -0.2) is 4.98 Å².